The fourth-order valence-electron chi connectivity index (χ4n) is 0.735. The molecule has 0 N–H and O–H groups in total. The second kappa shape index (κ2) is 2.07. The lowest BCUT2D eigenvalue weighted by Gasteiger charge is -1.92. The van der Waals surface area contributed by atoms with Crippen molar-refractivity contribution in [3.63, 3.8) is 0 Å². The fourth-order valence-corrected chi connectivity index (χ4v) is 0.735. The Morgan fingerprint density at radius 3 is 1.88 bits per heavy atom. The molecule has 0 unspecified atom stereocenters. The van der Waals surface area contributed by atoms with Gasteiger partial charge in [-0.2, -0.15) is 0 Å². The van der Waals surface area contributed by atoms with E-state index in [0.29, 0.717) is 5.92 Å². The normalized spacial score (nSPS) is 18.6. The van der Waals surface area contributed by atoms with E-state index < -0.39 is 0 Å². The largest absolute Gasteiger partial charge is 0.303 e. The van der Waals surface area contributed by atoms with Crippen molar-refractivity contribution in [2.45, 2.75) is 12.8 Å². The lowest BCUT2D eigenvalue weighted by atomic mass is 10.1. The molecule has 8 heavy (non-hydrogen) atoms. The summed E-state index contributed by atoms with van der Waals surface area (Å²) in [5.74, 6) is 0.0972. The molecule has 1 aliphatic carbocycles. The highest BCUT2D eigenvalue weighted by atomic mass is 16.1. The quantitative estimate of drug-likeness (QED) is 0.391. The Morgan fingerprint density at radius 1 is 1.25 bits per heavy atom. The lowest BCUT2D eigenvalue weighted by molar-refractivity contribution is -0.119. The SMILES string of the molecule is O=CC(C=O)C1CC1. The average Bonchev–Trinajstić information content (AvgIpc) is 2.53. The molecule has 0 amide bonds. The first-order valence-corrected chi connectivity index (χ1v) is 2.79. The van der Waals surface area contributed by atoms with Gasteiger partial charge in [0.15, 0.2) is 0 Å². The second-order valence-electron chi connectivity index (χ2n) is 2.19. The van der Waals surface area contributed by atoms with Crippen LogP contribution >= 0.6 is 0 Å². The second-order valence-corrected chi connectivity index (χ2v) is 2.19. The minimum absolute atomic E-state index is 0.296. The van der Waals surface area contributed by atoms with Crippen LogP contribution in [-0.2, 0) is 9.59 Å². The molecule has 2 nitrogen and oxygen atoms in total. The molecule has 0 spiro atoms. The third-order valence-corrected chi connectivity index (χ3v) is 1.48. The minimum atomic E-state index is -0.296. The van der Waals surface area contributed by atoms with Crippen LogP contribution in [0, 0.1) is 11.8 Å². The van der Waals surface area contributed by atoms with Gasteiger partial charge in [-0.15, -0.1) is 0 Å². The van der Waals surface area contributed by atoms with Crippen LogP contribution in [-0.4, -0.2) is 12.6 Å². The summed E-state index contributed by atoms with van der Waals surface area (Å²) < 4.78 is 0. The third kappa shape index (κ3) is 0.941. The van der Waals surface area contributed by atoms with Gasteiger partial charge in [-0.3, -0.25) is 0 Å². The summed E-state index contributed by atoms with van der Waals surface area (Å²) in [5.41, 5.74) is 0. The number of carbonyl (C=O) groups excluding carboxylic acids is 2. The molecule has 0 aliphatic heterocycles. The first-order valence-electron chi connectivity index (χ1n) is 2.79. The van der Waals surface area contributed by atoms with E-state index in [-0.39, 0.29) is 5.92 Å². The molecule has 0 atom stereocenters. The van der Waals surface area contributed by atoms with Gasteiger partial charge < -0.3 is 9.59 Å². The maximum atomic E-state index is 9.99. The van der Waals surface area contributed by atoms with Crippen molar-refractivity contribution in [1.82, 2.24) is 0 Å². The van der Waals surface area contributed by atoms with Gasteiger partial charge in [-0.1, -0.05) is 0 Å². The van der Waals surface area contributed by atoms with Crippen molar-refractivity contribution >= 4 is 12.6 Å². The van der Waals surface area contributed by atoms with Crippen molar-refractivity contribution in [1.29, 1.82) is 0 Å². The van der Waals surface area contributed by atoms with E-state index in [0.717, 1.165) is 25.4 Å². The van der Waals surface area contributed by atoms with Crippen LogP contribution in [0.2, 0.25) is 0 Å². The van der Waals surface area contributed by atoms with Crippen molar-refractivity contribution in [2.24, 2.45) is 11.8 Å². The van der Waals surface area contributed by atoms with E-state index >= 15 is 0 Å². The molecule has 0 aromatic carbocycles. The zero-order chi connectivity index (χ0) is 5.98. The van der Waals surface area contributed by atoms with Crippen molar-refractivity contribution in [2.75, 3.05) is 0 Å². The molecule has 0 aromatic rings. The Hall–Kier alpha value is -0.660. The van der Waals surface area contributed by atoms with Crippen LogP contribution < -0.4 is 0 Å². The van der Waals surface area contributed by atoms with Crippen LogP contribution in [0.15, 0.2) is 0 Å². The highest BCUT2D eigenvalue weighted by Gasteiger charge is 2.30. The van der Waals surface area contributed by atoms with Crippen LogP contribution in [0.1, 0.15) is 12.8 Å². The molecular weight excluding hydrogens is 104 g/mol. The third-order valence-electron chi connectivity index (χ3n) is 1.48. The summed E-state index contributed by atoms with van der Waals surface area (Å²) in [7, 11) is 0. The van der Waals surface area contributed by atoms with Gasteiger partial charge in [0.2, 0.25) is 0 Å². The van der Waals surface area contributed by atoms with Crippen LogP contribution in [0.5, 0.6) is 0 Å². The fraction of sp³-hybridized carbons (Fsp3) is 0.667. The maximum Gasteiger partial charge on any atom is 0.130 e. The smallest absolute Gasteiger partial charge is 0.130 e. The molecule has 0 heterocycles. The molecular formula is C6H8O2. The van der Waals surface area contributed by atoms with E-state index in [1.807, 2.05) is 0 Å². The van der Waals surface area contributed by atoms with Crippen molar-refractivity contribution in [3.8, 4) is 0 Å². The van der Waals surface area contributed by atoms with E-state index in [1.54, 1.807) is 0 Å². The monoisotopic (exact) mass is 112 g/mol. The van der Waals surface area contributed by atoms with Crippen molar-refractivity contribution in [3.05, 3.63) is 0 Å². The molecule has 2 heteroatoms. The molecule has 0 saturated heterocycles. The minimum Gasteiger partial charge on any atom is -0.303 e. The Morgan fingerprint density at radius 2 is 1.75 bits per heavy atom. The van der Waals surface area contributed by atoms with Gasteiger partial charge >= 0.3 is 0 Å². The summed E-state index contributed by atoms with van der Waals surface area (Å²) in [5, 5.41) is 0. The standard InChI is InChI=1S/C6H8O2/c7-3-6(4-8)5-1-2-5/h3-6H,1-2H2. The maximum absolute atomic E-state index is 9.99. The number of hydrogen-bond donors (Lipinski definition) is 0. The highest BCUT2D eigenvalue weighted by Crippen LogP contribution is 2.34. The van der Waals surface area contributed by atoms with Gasteiger partial charge in [0.05, 0.1) is 5.92 Å². The molecule has 1 fully saturated rings. The summed E-state index contributed by atoms with van der Waals surface area (Å²) in [6, 6.07) is 0. The Kier molecular flexibility index (Phi) is 1.42. The van der Waals surface area contributed by atoms with Gasteiger partial charge in [0.25, 0.3) is 0 Å². The summed E-state index contributed by atoms with van der Waals surface area (Å²) in [6.45, 7) is 0. The molecule has 1 saturated carbocycles. The lowest BCUT2D eigenvalue weighted by Crippen LogP contribution is -2.04. The van der Waals surface area contributed by atoms with Crippen molar-refractivity contribution < 1.29 is 9.59 Å². The predicted octanol–water partition coefficient (Wildman–Crippen LogP) is 0.410. The van der Waals surface area contributed by atoms with Gasteiger partial charge in [-0.25, -0.2) is 0 Å². The van der Waals surface area contributed by atoms with Crippen LogP contribution in [0.3, 0.4) is 0 Å². The Balaban J connectivity index is 2.36. The average molecular weight is 112 g/mol. The number of rotatable bonds is 3. The summed E-state index contributed by atoms with van der Waals surface area (Å²) >= 11 is 0. The Labute approximate surface area is 47.9 Å². The zero-order valence-electron chi connectivity index (χ0n) is 4.54. The van der Waals surface area contributed by atoms with Crippen LogP contribution in [0.25, 0.3) is 0 Å². The molecule has 0 radical (unpaired) electrons. The zero-order valence-corrected chi connectivity index (χ0v) is 4.54. The molecule has 1 rings (SSSR count). The Bertz CT molecular complexity index is 97.1. The predicted molar refractivity (Wildman–Crippen MR) is 28.3 cm³/mol. The van der Waals surface area contributed by atoms with E-state index in [1.165, 1.54) is 0 Å². The van der Waals surface area contributed by atoms with E-state index in [9.17, 15) is 9.59 Å². The first kappa shape index (κ1) is 5.48. The van der Waals surface area contributed by atoms with Gasteiger partial charge in [0.1, 0.15) is 12.6 Å². The highest BCUT2D eigenvalue weighted by molar-refractivity contribution is 5.78. The van der Waals surface area contributed by atoms with Gasteiger partial charge in [-0.05, 0) is 18.8 Å². The van der Waals surface area contributed by atoms with Crippen LogP contribution in [0.4, 0.5) is 0 Å². The molecule has 0 bridgehead atoms. The molecule has 0 aromatic heterocycles. The number of carbonyl (C=O) groups is 2. The summed E-state index contributed by atoms with van der Waals surface area (Å²) in [4.78, 5) is 20.0. The first-order chi connectivity index (χ1) is 3.88. The van der Waals surface area contributed by atoms with Gasteiger partial charge in [0, 0.05) is 0 Å². The van der Waals surface area contributed by atoms with E-state index in [4.69, 9.17) is 0 Å². The molecule has 44 valence electrons. The topological polar surface area (TPSA) is 34.1 Å². The van der Waals surface area contributed by atoms with E-state index in [2.05, 4.69) is 0 Å². The summed E-state index contributed by atoms with van der Waals surface area (Å²) in [6.07, 6.45) is 3.60. The number of aldehydes is 2. The molecule has 1 aliphatic rings. The number of hydrogen-bond acceptors (Lipinski definition) is 2.